The molecular weight excluding hydrogens is 370 g/mol. The van der Waals surface area contributed by atoms with Gasteiger partial charge in [0.15, 0.2) is 5.16 Å². The van der Waals surface area contributed by atoms with Crippen molar-refractivity contribution in [1.82, 2.24) is 14.9 Å². The van der Waals surface area contributed by atoms with Crippen LogP contribution in [0.1, 0.15) is 53.0 Å². The molecule has 0 unspecified atom stereocenters. The standard InChI is InChI=1S/C22H31N3O2S/c1-14(2)12-23-20(26)13-28-22-24-18-10-6-5-9-17(18)21(27)25(22)19-11-7-8-15(3)16(19)4/h5-6,9-10,14-16,19H,7-8,11-13H2,1-4H3,(H,23,26)/t15-,16+,19+/m1/s1. The highest BCUT2D eigenvalue weighted by molar-refractivity contribution is 7.99. The number of benzene rings is 1. The summed E-state index contributed by atoms with van der Waals surface area (Å²) in [6, 6.07) is 7.64. The van der Waals surface area contributed by atoms with E-state index in [0.717, 1.165) is 12.8 Å². The molecule has 1 aromatic heterocycles. The Morgan fingerprint density at radius 2 is 2.04 bits per heavy atom. The van der Waals surface area contributed by atoms with Crippen LogP contribution < -0.4 is 10.9 Å². The molecule has 1 fully saturated rings. The topological polar surface area (TPSA) is 64.0 Å². The summed E-state index contributed by atoms with van der Waals surface area (Å²) in [5.41, 5.74) is 0.715. The van der Waals surface area contributed by atoms with Gasteiger partial charge in [0.05, 0.1) is 16.7 Å². The number of hydrogen-bond donors (Lipinski definition) is 1. The van der Waals surface area contributed by atoms with Crippen LogP contribution in [0.15, 0.2) is 34.2 Å². The number of hydrogen-bond acceptors (Lipinski definition) is 4. The van der Waals surface area contributed by atoms with Crippen molar-refractivity contribution in [2.24, 2.45) is 17.8 Å². The van der Waals surface area contributed by atoms with Crippen LogP contribution in [0, 0.1) is 17.8 Å². The maximum atomic E-state index is 13.4. The number of nitrogens with one attached hydrogen (secondary N) is 1. The molecule has 3 rings (SSSR count). The molecule has 28 heavy (non-hydrogen) atoms. The third kappa shape index (κ3) is 4.59. The second-order valence-corrected chi connectivity index (χ2v) is 9.35. The van der Waals surface area contributed by atoms with Gasteiger partial charge >= 0.3 is 0 Å². The molecule has 1 aliphatic carbocycles. The Morgan fingerprint density at radius 3 is 2.79 bits per heavy atom. The zero-order valence-electron chi connectivity index (χ0n) is 17.3. The fourth-order valence-electron chi connectivity index (χ4n) is 3.94. The van der Waals surface area contributed by atoms with Crippen LogP contribution in [-0.2, 0) is 4.79 Å². The number of para-hydroxylation sites is 1. The summed E-state index contributed by atoms with van der Waals surface area (Å²) in [6.07, 6.45) is 3.31. The zero-order chi connectivity index (χ0) is 20.3. The second kappa shape index (κ2) is 9.12. The number of aromatic nitrogens is 2. The van der Waals surface area contributed by atoms with Gasteiger partial charge < -0.3 is 5.32 Å². The second-order valence-electron chi connectivity index (χ2n) is 8.41. The van der Waals surface area contributed by atoms with Crippen LogP contribution in [0.2, 0.25) is 0 Å². The summed E-state index contributed by atoms with van der Waals surface area (Å²) in [5.74, 6) is 1.65. The van der Waals surface area contributed by atoms with Crippen molar-refractivity contribution in [3.05, 3.63) is 34.6 Å². The van der Waals surface area contributed by atoms with E-state index in [1.165, 1.54) is 18.2 Å². The molecule has 1 N–H and O–H groups in total. The first kappa shape index (κ1) is 20.9. The van der Waals surface area contributed by atoms with Crippen LogP contribution in [-0.4, -0.2) is 27.8 Å². The van der Waals surface area contributed by atoms with Gasteiger partial charge in [0.25, 0.3) is 5.56 Å². The molecule has 1 aromatic carbocycles. The Balaban J connectivity index is 1.95. The lowest BCUT2D eigenvalue weighted by Gasteiger charge is -2.36. The molecule has 6 heteroatoms. The zero-order valence-corrected chi connectivity index (χ0v) is 18.1. The first-order chi connectivity index (χ1) is 13.4. The minimum Gasteiger partial charge on any atom is -0.355 e. The average Bonchev–Trinajstić information content (AvgIpc) is 2.67. The van der Waals surface area contributed by atoms with E-state index in [1.807, 2.05) is 28.8 Å². The lowest BCUT2D eigenvalue weighted by molar-refractivity contribution is -0.118. The summed E-state index contributed by atoms with van der Waals surface area (Å²) in [4.78, 5) is 30.4. The lowest BCUT2D eigenvalue weighted by Crippen LogP contribution is -2.36. The Labute approximate surface area is 171 Å². The number of nitrogens with zero attached hydrogens (tertiary/aromatic N) is 2. The lowest BCUT2D eigenvalue weighted by atomic mass is 9.78. The molecule has 3 atom stereocenters. The van der Waals surface area contributed by atoms with E-state index in [9.17, 15) is 9.59 Å². The minimum absolute atomic E-state index is 0.0154. The third-order valence-electron chi connectivity index (χ3n) is 5.81. The van der Waals surface area contributed by atoms with E-state index >= 15 is 0 Å². The van der Waals surface area contributed by atoms with E-state index in [2.05, 4.69) is 33.0 Å². The minimum atomic E-state index is -0.0160. The monoisotopic (exact) mass is 401 g/mol. The number of amides is 1. The first-order valence-corrected chi connectivity index (χ1v) is 11.3. The Morgan fingerprint density at radius 1 is 1.29 bits per heavy atom. The molecular formula is C22H31N3O2S. The summed E-state index contributed by atoms with van der Waals surface area (Å²) in [7, 11) is 0. The smallest absolute Gasteiger partial charge is 0.262 e. The highest BCUT2D eigenvalue weighted by Gasteiger charge is 2.31. The van der Waals surface area contributed by atoms with Crippen molar-refractivity contribution < 1.29 is 4.79 Å². The quantitative estimate of drug-likeness (QED) is 0.580. The fraction of sp³-hybridized carbons (Fsp3) is 0.591. The molecule has 1 aliphatic rings. The molecule has 1 saturated carbocycles. The molecule has 0 radical (unpaired) electrons. The predicted octanol–water partition coefficient (Wildman–Crippen LogP) is 4.26. The van der Waals surface area contributed by atoms with Crippen LogP contribution in [0.4, 0.5) is 0 Å². The molecule has 0 aliphatic heterocycles. The van der Waals surface area contributed by atoms with Gasteiger partial charge in [0.1, 0.15) is 0 Å². The normalized spacial score (nSPS) is 22.5. The van der Waals surface area contributed by atoms with Gasteiger partial charge in [0.2, 0.25) is 5.91 Å². The van der Waals surface area contributed by atoms with Crippen LogP contribution in [0.5, 0.6) is 0 Å². The largest absolute Gasteiger partial charge is 0.355 e. The highest BCUT2D eigenvalue weighted by atomic mass is 32.2. The van der Waals surface area contributed by atoms with Crippen LogP contribution >= 0.6 is 11.8 Å². The fourth-order valence-corrected chi connectivity index (χ4v) is 4.82. The van der Waals surface area contributed by atoms with E-state index < -0.39 is 0 Å². The van der Waals surface area contributed by atoms with Crippen molar-refractivity contribution in [2.75, 3.05) is 12.3 Å². The van der Waals surface area contributed by atoms with Gasteiger partial charge in [-0.3, -0.25) is 14.2 Å². The maximum Gasteiger partial charge on any atom is 0.262 e. The van der Waals surface area contributed by atoms with E-state index in [0.29, 0.717) is 40.4 Å². The summed E-state index contributed by atoms with van der Waals surface area (Å²) in [5, 5.41) is 4.26. The number of fused-ring (bicyclic) bond motifs is 1. The third-order valence-corrected chi connectivity index (χ3v) is 6.76. The molecule has 0 bridgehead atoms. The highest BCUT2D eigenvalue weighted by Crippen LogP contribution is 2.38. The Bertz CT molecular complexity index is 893. The molecule has 5 nitrogen and oxygen atoms in total. The molecule has 1 amide bonds. The molecule has 0 saturated heterocycles. The number of thioether (sulfide) groups is 1. The van der Waals surface area contributed by atoms with Gasteiger partial charge in [-0.2, -0.15) is 0 Å². The van der Waals surface area contributed by atoms with Crippen molar-refractivity contribution in [1.29, 1.82) is 0 Å². The van der Waals surface area contributed by atoms with Crippen molar-refractivity contribution in [3.8, 4) is 0 Å². The molecule has 2 aromatic rings. The van der Waals surface area contributed by atoms with E-state index in [4.69, 9.17) is 4.98 Å². The van der Waals surface area contributed by atoms with Gasteiger partial charge in [-0.25, -0.2) is 4.98 Å². The maximum absolute atomic E-state index is 13.4. The summed E-state index contributed by atoms with van der Waals surface area (Å²) < 4.78 is 1.88. The molecule has 1 heterocycles. The van der Waals surface area contributed by atoms with Crippen molar-refractivity contribution in [2.45, 2.75) is 58.2 Å². The van der Waals surface area contributed by atoms with Crippen LogP contribution in [0.25, 0.3) is 10.9 Å². The molecule has 0 spiro atoms. The predicted molar refractivity (Wildman–Crippen MR) is 116 cm³/mol. The van der Waals surface area contributed by atoms with Crippen LogP contribution in [0.3, 0.4) is 0 Å². The number of carbonyl (C=O) groups excluding carboxylic acids is 1. The Kier molecular flexibility index (Phi) is 6.81. The molecule has 152 valence electrons. The van der Waals surface area contributed by atoms with Gasteiger partial charge in [0, 0.05) is 12.6 Å². The van der Waals surface area contributed by atoms with E-state index in [-0.39, 0.29) is 23.3 Å². The van der Waals surface area contributed by atoms with Crippen molar-refractivity contribution in [3.63, 3.8) is 0 Å². The van der Waals surface area contributed by atoms with Crippen molar-refractivity contribution >= 4 is 28.6 Å². The first-order valence-electron chi connectivity index (χ1n) is 10.3. The summed E-state index contributed by atoms with van der Waals surface area (Å²) in [6.45, 7) is 9.31. The van der Waals surface area contributed by atoms with E-state index in [1.54, 1.807) is 0 Å². The number of rotatable bonds is 6. The SMILES string of the molecule is CC(C)CNC(=O)CSc1nc2ccccc2c(=O)n1[C@H]1CCC[C@@H](C)[C@@H]1C. The summed E-state index contributed by atoms with van der Waals surface area (Å²) >= 11 is 1.37. The average molecular weight is 402 g/mol. The Hall–Kier alpha value is -1.82. The number of carbonyl (C=O) groups is 1. The van der Waals surface area contributed by atoms with Gasteiger partial charge in [-0.15, -0.1) is 0 Å². The van der Waals surface area contributed by atoms with Gasteiger partial charge in [-0.1, -0.05) is 64.4 Å². The van der Waals surface area contributed by atoms with Gasteiger partial charge in [-0.05, 0) is 36.3 Å².